The van der Waals surface area contributed by atoms with E-state index in [1.54, 1.807) is 0 Å². The predicted octanol–water partition coefficient (Wildman–Crippen LogP) is 1.74. The Hall–Kier alpha value is -0.340. The number of aliphatic hydroxyl groups excluding tert-OH is 1. The average Bonchev–Trinajstić information content (AvgIpc) is 1.96. The highest BCUT2D eigenvalue weighted by Gasteiger charge is 2.38. The zero-order valence-electron chi connectivity index (χ0n) is 8.08. The van der Waals surface area contributed by atoms with E-state index < -0.39 is 5.60 Å². The Morgan fingerprint density at radius 2 is 2.17 bits per heavy atom. The lowest BCUT2D eigenvalue weighted by molar-refractivity contribution is -0.179. The van der Waals surface area contributed by atoms with Crippen LogP contribution in [0, 0.1) is 5.92 Å². The van der Waals surface area contributed by atoms with Gasteiger partial charge in [-0.05, 0) is 27.2 Å². The van der Waals surface area contributed by atoms with Crippen LogP contribution in [0.2, 0.25) is 0 Å². The molecular weight excluding hydrogens is 152 g/mol. The molecule has 0 amide bonds. The van der Waals surface area contributed by atoms with E-state index in [2.05, 4.69) is 6.58 Å². The molecule has 70 valence electrons. The minimum Gasteiger partial charge on any atom is -0.390 e. The Labute approximate surface area is 74.2 Å². The third kappa shape index (κ3) is 1.70. The molecule has 1 unspecified atom stereocenters. The Bertz CT molecular complexity index is 175. The zero-order chi connectivity index (χ0) is 9.35. The van der Waals surface area contributed by atoms with Crippen LogP contribution in [0.4, 0.5) is 0 Å². The van der Waals surface area contributed by atoms with Gasteiger partial charge in [-0.25, -0.2) is 0 Å². The molecule has 0 aliphatic carbocycles. The molecule has 0 aromatic heterocycles. The molecule has 0 spiro atoms. The first kappa shape index (κ1) is 9.75. The van der Waals surface area contributed by atoms with Gasteiger partial charge in [0.15, 0.2) is 0 Å². The maximum atomic E-state index is 9.68. The number of hydrogen-bond acceptors (Lipinski definition) is 2. The van der Waals surface area contributed by atoms with Crippen LogP contribution in [0.3, 0.4) is 0 Å². The van der Waals surface area contributed by atoms with Gasteiger partial charge in [-0.3, -0.25) is 0 Å². The lowest BCUT2D eigenvalue weighted by Crippen LogP contribution is -2.49. The van der Waals surface area contributed by atoms with Crippen molar-refractivity contribution in [1.82, 2.24) is 0 Å². The summed E-state index contributed by atoms with van der Waals surface area (Å²) in [5.41, 5.74) is -0.404. The molecule has 1 fully saturated rings. The quantitative estimate of drug-likeness (QED) is 0.607. The standard InChI is InChI=1S/C10H18O2/c1-5-8-6-9(11)10(3,4)12-7(8)2/h5,7-9,11H,1,6H2,2-4H3/t7-,8+,9?/m0/s1. The predicted molar refractivity (Wildman–Crippen MR) is 48.9 cm³/mol. The maximum Gasteiger partial charge on any atom is 0.0888 e. The third-order valence-corrected chi connectivity index (χ3v) is 2.69. The fourth-order valence-electron chi connectivity index (χ4n) is 1.67. The summed E-state index contributed by atoms with van der Waals surface area (Å²) in [6, 6.07) is 0. The van der Waals surface area contributed by atoms with E-state index in [1.165, 1.54) is 0 Å². The third-order valence-electron chi connectivity index (χ3n) is 2.69. The Morgan fingerprint density at radius 3 is 2.67 bits per heavy atom. The van der Waals surface area contributed by atoms with Crippen molar-refractivity contribution in [2.45, 2.75) is 45.0 Å². The molecule has 2 nitrogen and oxygen atoms in total. The van der Waals surface area contributed by atoms with Gasteiger partial charge >= 0.3 is 0 Å². The van der Waals surface area contributed by atoms with Gasteiger partial charge in [0.1, 0.15) is 0 Å². The zero-order valence-corrected chi connectivity index (χ0v) is 8.08. The molecule has 1 N–H and O–H groups in total. The second-order valence-electron chi connectivity index (χ2n) is 4.08. The van der Waals surface area contributed by atoms with Gasteiger partial charge in [0, 0.05) is 5.92 Å². The van der Waals surface area contributed by atoms with Gasteiger partial charge in [0.05, 0.1) is 17.8 Å². The molecular formula is C10H18O2. The second kappa shape index (κ2) is 3.19. The van der Waals surface area contributed by atoms with E-state index in [0.29, 0.717) is 0 Å². The Morgan fingerprint density at radius 1 is 1.58 bits per heavy atom. The largest absolute Gasteiger partial charge is 0.390 e. The summed E-state index contributed by atoms with van der Waals surface area (Å²) in [4.78, 5) is 0. The Kier molecular flexibility index (Phi) is 2.59. The molecule has 1 heterocycles. The van der Waals surface area contributed by atoms with Crippen molar-refractivity contribution in [3.63, 3.8) is 0 Å². The van der Waals surface area contributed by atoms with E-state index in [9.17, 15) is 5.11 Å². The number of hydrogen-bond donors (Lipinski definition) is 1. The lowest BCUT2D eigenvalue weighted by atomic mass is 9.85. The molecule has 1 aliphatic heterocycles. The summed E-state index contributed by atoms with van der Waals surface area (Å²) in [5.74, 6) is 0.285. The fraction of sp³-hybridized carbons (Fsp3) is 0.800. The fourth-order valence-corrected chi connectivity index (χ4v) is 1.67. The maximum absolute atomic E-state index is 9.68. The summed E-state index contributed by atoms with van der Waals surface area (Å²) in [5, 5.41) is 9.68. The second-order valence-corrected chi connectivity index (χ2v) is 4.08. The summed E-state index contributed by atoms with van der Waals surface area (Å²) >= 11 is 0. The van der Waals surface area contributed by atoms with Crippen LogP contribution in [0.25, 0.3) is 0 Å². The lowest BCUT2D eigenvalue weighted by Gasteiger charge is -2.42. The van der Waals surface area contributed by atoms with Gasteiger partial charge in [0.25, 0.3) is 0 Å². The van der Waals surface area contributed by atoms with Crippen molar-refractivity contribution < 1.29 is 9.84 Å². The van der Waals surface area contributed by atoms with E-state index in [4.69, 9.17) is 4.74 Å². The van der Waals surface area contributed by atoms with Crippen LogP contribution in [0.1, 0.15) is 27.2 Å². The first-order chi connectivity index (χ1) is 5.47. The van der Waals surface area contributed by atoms with Crippen LogP contribution in [0.15, 0.2) is 12.7 Å². The average molecular weight is 170 g/mol. The van der Waals surface area contributed by atoms with E-state index in [0.717, 1.165) is 6.42 Å². The van der Waals surface area contributed by atoms with Gasteiger partial charge in [-0.2, -0.15) is 0 Å². The molecule has 0 aromatic rings. The summed E-state index contributed by atoms with van der Waals surface area (Å²) in [6.07, 6.45) is 2.42. The highest BCUT2D eigenvalue weighted by molar-refractivity contribution is 4.95. The van der Waals surface area contributed by atoms with Gasteiger partial charge in [-0.15, -0.1) is 6.58 Å². The molecule has 0 bridgehead atoms. The number of rotatable bonds is 1. The minimum absolute atomic E-state index is 0.167. The SMILES string of the molecule is C=C[C@@H]1CC(O)C(C)(C)O[C@H]1C. The van der Waals surface area contributed by atoms with E-state index in [1.807, 2.05) is 26.8 Å². The van der Waals surface area contributed by atoms with Crippen LogP contribution in [-0.4, -0.2) is 22.9 Å². The molecule has 1 rings (SSSR count). The Balaban J connectivity index is 2.68. The topological polar surface area (TPSA) is 29.5 Å². The minimum atomic E-state index is -0.404. The van der Waals surface area contributed by atoms with Crippen molar-refractivity contribution in [3.8, 4) is 0 Å². The number of ether oxygens (including phenoxy) is 1. The summed E-state index contributed by atoms with van der Waals surface area (Å²) in [7, 11) is 0. The molecule has 1 saturated heterocycles. The van der Waals surface area contributed by atoms with Crippen LogP contribution < -0.4 is 0 Å². The highest BCUT2D eigenvalue weighted by Crippen LogP contribution is 2.32. The van der Waals surface area contributed by atoms with Crippen molar-refractivity contribution in [3.05, 3.63) is 12.7 Å². The van der Waals surface area contributed by atoms with Crippen molar-refractivity contribution in [2.75, 3.05) is 0 Å². The summed E-state index contributed by atoms with van der Waals surface area (Å²) in [6.45, 7) is 9.60. The van der Waals surface area contributed by atoms with E-state index >= 15 is 0 Å². The van der Waals surface area contributed by atoms with Crippen LogP contribution >= 0.6 is 0 Å². The molecule has 3 atom stereocenters. The van der Waals surface area contributed by atoms with Crippen LogP contribution in [-0.2, 0) is 4.74 Å². The molecule has 0 saturated carbocycles. The van der Waals surface area contributed by atoms with Gasteiger partial charge in [0.2, 0.25) is 0 Å². The number of aliphatic hydroxyl groups is 1. The first-order valence-electron chi connectivity index (χ1n) is 4.46. The molecule has 0 aromatic carbocycles. The summed E-state index contributed by atoms with van der Waals surface area (Å²) < 4.78 is 5.67. The van der Waals surface area contributed by atoms with Crippen molar-refractivity contribution >= 4 is 0 Å². The molecule has 12 heavy (non-hydrogen) atoms. The first-order valence-corrected chi connectivity index (χ1v) is 4.46. The molecule has 1 aliphatic rings. The normalized spacial score (nSPS) is 40.8. The molecule has 0 radical (unpaired) electrons. The van der Waals surface area contributed by atoms with Crippen molar-refractivity contribution in [2.24, 2.45) is 5.92 Å². The van der Waals surface area contributed by atoms with Crippen molar-refractivity contribution in [1.29, 1.82) is 0 Å². The van der Waals surface area contributed by atoms with Gasteiger partial charge < -0.3 is 9.84 Å². The van der Waals surface area contributed by atoms with E-state index in [-0.39, 0.29) is 18.1 Å². The highest BCUT2D eigenvalue weighted by atomic mass is 16.5. The smallest absolute Gasteiger partial charge is 0.0888 e. The van der Waals surface area contributed by atoms with Gasteiger partial charge in [-0.1, -0.05) is 6.08 Å². The monoisotopic (exact) mass is 170 g/mol. The molecule has 2 heteroatoms. The van der Waals surface area contributed by atoms with Crippen LogP contribution in [0.5, 0.6) is 0 Å².